The lowest BCUT2D eigenvalue weighted by atomic mass is 9.93. The molecule has 1 aliphatic heterocycles. The van der Waals surface area contributed by atoms with Gasteiger partial charge in [0, 0.05) is 0 Å². The summed E-state index contributed by atoms with van der Waals surface area (Å²) >= 11 is 0. The summed E-state index contributed by atoms with van der Waals surface area (Å²) in [5.74, 6) is 0.596. The molecule has 24 heavy (non-hydrogen) atoms. The van der Waals surface area contributed by atoms with Crippen LogP contribution >= 0.6 is 0 Å². The Bertz CT molecular complexity index is 593. The van der Waals surface area contributed by atoms with Crippen LogP contribution in [0.5, 0.6) is 5.75 Å². The molecule has 0 bridgehead atoms. The molecule has 0 spiro atoms. The Balaban J connectivity index is 1.73. The molecule has 1 aromatic carbocycles. The molecule has 3 rings (SSSR count). The Morgan fingerprint density at radius 1 is 1.12 bits per heavy atom. The summed E-state index contributed by atoms with van der Waals surface area (Å²) in [6, 6.07) is 7.46. The van der Waals surface area contributed by atoms with Crippen LogP contribution < -0.4 is 14.5 Å². The average Bonchev–Trinajstić information content (AvgIpc) is 2.91. The molecule has 1 aromatic rings. The van der Waals surface area contributed by atoms with Crippen LogP contribution in [0, 0.1) is 0 Å². The van der Waals surface area contributed by atoms with E-state index in [2.05, 4.69) is 7.05 Å². The van der Waals surface area contributed by atoms with Gasteiger partial charge < -0.3 is 9.64 Å². The number of nitrogens with one attached hydrogen (secondary N) is 1. The Kier molecular flexibility index (Phi) is 5.19. The molecule has 1 saturated carbocycles. The lowest BCUT2D eigenvalue weighted by molar-refractivity contribution is -0.922. The van der Waals surface area contributed by atoms with Gasteiger partial charge in [0.2, 0.25) is 5.91 Å². The number of carbonyl (C=O) groups excluding carboxylic acids is 2. The predicted molar refractivity (Wildman–Crippen MR) is 92.3 cm³/mol. The van der Waals surface area contributed by atoms with Crippen molar-refractivity contribution in [3.05, 3.63) is 24.3 Å². The number of benzene rings is 1. The van der Waals surface area contributed by atoms with Crippen LogP contribution in [0.3, 0.4) is 0 Å². The van der Waals surface area contributed by atoms with Crippen molar-refractivity contribution in [1.29, 1.82) is 0 Å². The van der Waals surface area contributed by atoms with Crippen LogP contribution in [0.1, 0.15) is 45.4 Å². The van der Waals surface area contributed by atoms with Gasteiger partial charge in [0.25, 0.3) is 5.91 Å². The first-order chi connectivity index (χ1) is 11.6. The van der Waals surface area contributed by atoms with E-state index in [1.54, 1.807) is 12.1 Å². The second kappa shape index (κ2) is 7.34. The number of nitrogens with zero attached hydrogens (tertiary/aromatic N) is 1. The molecule has 1 unspecified atom stereocenters. The summed E-state index contributed by atoms with van der Waals surface area (Å²) in [4.78, 5) is 27.9. The molecule has 1 saturated heterocycles. The second-order valence-corrected chi connectivity index (χ2v) is 6.83. The lowest BCUT2D eigenvalue weighted by Crippen LogP contribution is -3.17. The van der Waals surface area contributed by atoms with Crippen LogP contribution in [0.15, 0.2) is 24.3 Å². The van der Waals surface area contributed by atoms with E-state index >= 15 is 0 Å². The van der Waals surface area contributed by atoms with E-state index in [4.69, 9.17) is 4.74 Å². The first-order valence-corrected chi connectivity index (χ1v) is 9.04. The van der Waals surface area contributed by atoms with E-state index < -0.39 is 0 Å². The van der Waals surface area contributed by atoms with Gasteiger partial charge in [-0.25, -0.2) is 4.90 Å². The monoisotopic (exact) mass is 331 g/mol. The Morgan fingerprint density at radius 2 is 1.79 bits per heavy atom. The molecule has 2 aliphatic rings. The molecule has 130 valence electrons. The van der Waals surface area contributed by atoms with Gasteiger partial charge in [-0.15, -0.1) is 0 Å². The fourth-order valence-electron chi connectivity index (χ4n) is 3.96. The zero-order valence-corrected chi connectivity index (χ0v) is 14.6. The predicted octanol–water partition coefficient (Wildman–Crippen LogP) is 1.56. The highest BCUT2D eigenvalue weighted by atomic mass is 16.5. The van der Waals surface area contributed by atoms with Gasteiger partial charge >= 0.3 is 0 Å². The van der Waals surface area contributed by atoms with E-state index in [-0.39, 0.29) is 17.9 Å². The maximum atomic E-state index is 12.9. The van der Waals surface area contributed by atoms with Gasteiger partial charge in [-0.3, -0.25) is 9.59 Å². The maximum absolute atomic E-state index is 12.9. The van der Waals surface area contributed by atoms with Gasteiger partial charge in [0.05, 0.1) is 31.8 Å². The Hall–Kier alpha value is -1.88. The summed E-state index contributed by atoms with van der Waals surface area (Å²) < 4.78 is 5.42. The highest BCUT2D eigenvalue weighted by Gasteiger charge is 2.46. The summed E-state index contributed by atoms with van der Waals surface area (Å²) in [6.45, 7) is 2.52. The maximum Gasteiger partial charge on any atom is 0.292 e. The van der Waals surface area contributed by atoms with Crippen LogP contribution in [0.2, 0.25) is 0 Å². The second-order valence-electron chi connectivity index (χ2n) is 6.83. The smallest absolute Gasteiger partial charge is 0.292 e. The summed E-state index contributed by atoms with van der Waals surface area (Å²) in [7, 11) is 2.08. The van der Waals surface area contributed by atoms with Crippen molar-refractivity contribution < 1.29 is 19.2 Å². The number of likely N-dealkylation sites (N-methyl/N-ethyl adjacent to an activating group) is 1. The standard InChI is InChI=1S/C19H26N2O3/c1-3-24-16-11-9-15(10-12-16)21-18(22)13-17(19(21)23)20(2)14-7-5-4-6-8-14/h9-12,14,17H,3-8,13H2,1-2H3/p+1/t17-/m0/s1. The van der Waals surface area contributed by atoms with Crippen molar-refractivity contribution in [2.45, 2.75) is 57.5 Å². The molecule has 2 fully saturated rings. The van der Waals surface area contributed by atoms with Crippen molar-refractivity contribution in [2.24, 2.45) is 0 Å². The normalized spacial score (nSPS) is 23.6. The van der Waals surface area contributed by atoms with Crippen molar-refractivity contribution in [3.8, 4) is 5.75 Å². The fraction of sp³-hybridized carbons (Fsp3) is 0.579. The van der Waals surface area contributed by atoms with E-state index in [9.17, 15) is 9.59 Å². The number of imide groups is 1. The number of amides is 2. The number of ether oxygens (including phenoxy) is 1. The van der Waals surface area contributed by atoms with E-state index in [0.29, 0.717) is 24.8 Å². The van der Waals surface area contributed by atoms with Crippen molar-refractivity contribution in [3.63, 3.8) is 0 Å². The largest absolute Gasteiger partial charge is 0.494 e. The Labute approximate surface area is 143 Å². The molecule has 5 nitrogen and oxygen atoms in total. The minimum atomic E-state index is -0.243. The highest BCUT2D eigenvalue weighted by molar-refractivity contribution is 6.21. The van der Waals surface area contributed by atoms with Crippen molar-refractivity contribution in [1.82, 2.24) is 0 Å². The zero-order valence-electron chi connectivity index (χ0n) is 14.6. The van der Waals surface area contributed by atoms with E-state index in [1.165, 1.54) is 29.1 Å². The van der Waals surface area contributed by atoms with Crippen LogP contribution in [-0.2, 0) is 9.59 Å². The molecule has 2 amide bonds. The van der Waals surface area contributed by atoms with Gasteiger partial charge in [0.1, 0.15) is 5.75 Å². The fourth-order valence-corrected chi connectivity index (χ4v) is 3.96. The topological polar surface area (TPSA) is 51.0 Å². The van der Waals surface area contributed by atoms with Crippen LogP contribution in [0.4, 0.5) is 5.69 Å². The molecular weight excluding hydrogens is 304 g/mol. The summed E-state index contributed by atoms with van der Waals surface area (Å²) in [5.41, 5.74) is 0.646. The van der Waals surface area contributed by atoms with Crippen molar-refractivity contribution >= 4 is 17.5 Å². The third kappa shape index (κ3) is 3.31. The molecule has 1 N–H and O–H groups in total. The third-order valence-electron chi connectivity index (χ3n) is 5.35. The van der Waals surface area contributed by atoms with E-state index in [0.717, 1.165) is 18.6 Å². The lowest BCUT2D eigenvalue weighted by Gasteiger charge is -2.31. The SMILES string of the molecule is CCOc1ccc(N2C(=O)C[C@H]([NH+](C)C3CCCCC3)C2=O)cc1. The molecule has 5 heteroatoms. The van der Waals surface area contributed by atoms with Crippen LogP contribution in [-0.4, -0.2) is 37.6 Å². The number of quaternary nitrogens is 1. The summed E-state index contributed by atoms with van der Waals surface area (Å²) in [5, 5.41) is 0. The average molecular weight is 331 g/mol. The number of carbonyl (C=O) groups is 2. The minimum Gasteiger partial charge on any atom is -0.494 e. The number of anilines is 1. The minimum absolute atomic E-state index is 0.0627. The highest BCUT2D eigenvalue weighted by Crippen LogP contribution is 2.25. The summed E-state index contributed by atoms with van der Waals surface area (Å²) in [6.07, 6.45) is 6.40. The number of rotatable bonds is 5. The first kappa shape index (κ1) is 17.0. The van der Waals surface area contributed by atoms with Gasteiger partial charge in [-0.2, -0.15) is 0 Å². The molecule has 2 atom stereocenters. The molecule has 0 aromatic heterocycles. The van der Waals surface area contributed by atoms with E-state index in [1.807, 2.05) is 19.1 Å². The first-order valence-electron chi connectivity index (χ1n) is 9.04. The quantitative estimate of drug-likeness (QED) is 0.833. The number of hydrogen-bond acceptors (Lipinski definition) is 3. The third-order valence-corrected chi connectivity index (χ3v) is 5.35. The molecule has 1 heterocycles. The van der Waals surface area contributed by atoms with Gasteiger partial charge in [-0.1, -0.05) is 6.42 Å². The Morgan fingerprint density at radius 3 is 2.42 bits per heavy atom. The zero-order chi connectivity index (χ0) is 17.1. The van der Waals surface area contributed by atoms with Crippen molar-refractivity contribution in [2.75, 3.05) is 18.6 Å². The van der Waals surface area contributed by atoms with Gasteiger partial charge in [0.15, 0.2) is 6.04 Å². The molecule has 1 aliphatic carbocycles. The molecule has 0 radical (unpaired) electrons. The van der Waals surface area contributed by atoms with Gasteiger partial charge in [-0.05, 0) is 56.9 Å². The van der Waals surface area contributed by atoms with Crippen LogP contribution in [0.25, 0.3) is 0 Å². The molecular formula is C19H27N2O3+. The number of hydrogen-bond donors (Lipinski definition) is 1.